The summed E-state index contributed by atoms with van der Waals surface area (Å²) in [6, 6.07) is 14.0. The molecular weight excluding hydrogens is 338 g/mol. The molecule has 1 aliphatic heterocycles. The van der Waals surface area contributed by atoms with Crippen LogP contribution in [0.2, 0.25) is 0 Å². The lowest BCUT2D eigenvalue weighted by molar-refractivity contribution is -0.513. The first-order valence-corrected chi connectivity index (χ1v) is 9.00. The predicted molar refractivity (Wildman–Crippen MR) is 105 cm³/mol. The van der Waals surface area contributed by atoms with Crippen molar-refractivity contribution in [3.05, 3.63) is 64.8 Å². The van der Waals surface area contributed by atoms with E-state index in [9.17, 15) is 4.79 Å². The minimum absolute atomic E-state index is 0.0468. The Hall–Kier alpha value is -3.28. The molecule has 0 fully saturated rings. The number of hydrogen-bond donors (Lipinski definition) is 3. The molecule has 0 saturated carbocycles. The van der Waals surface area contributed by atoms with E-state index in [0.717, 1.165) is 27.7 Å². The van der Waals surface area contributed by atoms with Gasteiger partial charge in [0, 0.05) is 5.39 Å². The second-order valence-electron chi connectivity index (χ2n) is 6.97. The highest BCUT2D eigenvalue weighted by Crippen LogP contribution is 2.22. The van der Waals surface area contributed by atoms with Crippen molar-refractivity contribution in [1.29, 1.82) is 0 Å². The van der Waals surface area contributed by atoms with Crippen molar-refractivity contribution in [2.24, 2.45) is 0 Å². The third-order valence-corrected chi connectivity index (χ3v) is 4.74. The fourth-order valence-electron chi connectivity index (χ4n) is 3.49. The van der Waals surface area contributed by atoms with E-state index < -0.39 is 0 Å². The number of fused-ring (bicyclic) bond motifs is 1. The van der Waals surface area contributed by atoms with Crippen LogP contribution in [-0.2, 0) is 4.79 Å². The Kier molecular flexibility index (Phi) is 4.32. The highest BCUT2D eigenvalue weighted by Gasteiger charge is 2.27. The van der Waals surface area contributed by atoms with Gasteiger partial charge in [-0.1, -0.05) is 42.0 Å². The minimum atomic E-state index is -0.0895. The van der Waals surface area contributed by atoms with Crippen LogP contribution in [-0.4, -0.2) is 21.8 Å². The Balaban J connectivity index is 1.68. The zero-order chi connectivity index (χ0) is 19.0. The summed E-state index contributed by atoms with van der Waals surface area (Å²) in [5, 5.41) is 7.02. The van der Waals surface area contributed by atoms with Crippen LogP contribution in [0.25, 0.3) is 10.9 Å². The number of benzene rings is 2. The Morgan fingerprint density at radius 1 is 1.11 bits per heavy atom. The minimum Gasteiger partial charge on any atom is -0.270 e. The molecule has 3 aromatic rings. The fraction of sp³-hybridized carbons (Fsp3) is 0.238. The summed E-state index contributed by atoms with van der Waals surface area (Å²) in [5.74, 6) is 0.918. The number of nitrogens with zero attached hydrogens (tertiary/aromatic N) is 2. The van der Waals surface area contributed by atoms with Gasteiger partial charge in [-0.05, 0) is 38.0 Å². The summed E-state index contributed by atoms with van der Waals surface area (Å²) in [4.78, 5) is 24.7. The molecule has 2 heterocycles. The van der Waals surface area contributed by atoms with Gasteiger partial charge in [-0.15, -0.1) is 0 Å². The Morgan fingerprint density at radius 2 is 1.89 bits per heavy atom. The zero-order valence-corrected chi connectivity index (χ0v) is 15.6. The van der Waals surface area contributed by atoms with Crippen molar-refractivity contribution >= 4 is 28.7 Å². The number of carbonyl (C=O) groups is 1. The molecule has 4 rings (SSSR count). The molecule has 1 atom stereocenters. The van der Waals surface area contributed by atoms with Crippen LogP contribution in [0.4, 0.5) is 5.95 Å². The first-order valence-electron chi connectivity index (χ1n) is 9.00. The Morgan fingerprint density at radius 3 is 2.67 bits per heavy atom. The molecule has 0 radical (unpaired) electrons. The number of amides is 1. The van der Waals surface area contributed by atoms with E-state index in [-0.39, 0.29) is 11.9 Å². The van der Waals surface area contributed by atoms with Crippen molar-refractivity contribution in [3.63, 3.8) is 0 Å². The number of nitrogens with one attached hydrogen (secondary N) is 3. The molecule has 0 spiro atoms. The van der Waals surface area contributed by atoms with E-state index in [1.165, 1.54) is 5.56 Å². The van der Waals surface area contributed by atoms with Crippen molar-refractivity contribution in [1.82, 2.24) is 15.3 Å². The SMILES string of the molecule is Cc1cc(C)c2nc(NC3=[NH+][C@H](c4ccccc4)CC(=O)N3)nc(C)c2c1. The molecule has 0 bridgehead atoms. The fourth-order valence-corrected chi connectivity index (χ4v) is 3.49. The van der Waals surface area contributed by atoms with Crippen LogP contribution in [0.15, 0.2) is 42.5 Å². The average Bonchev–Trinajstić information content (AvgIpc) is 2.63. The molecule has 6 nitrogen and oxygen atoms in total. The maximum Gasteiger partial charge on any atom is 0.358 e. The van der Waals surface area contributed by atoms with E-state index in [4.69, 9.17) is 0 Å². The van der Waals surface area contributed by atoms with Gasteiger partial charge in [0.1, 0.15) is 6.04 Å². The number of anilines is 1. The number of aryl methyl sites for hydroxylation is 3. The lowest BCUT2D eigenvalue weighted by Gasteiger charge is -2.17. The third-order valence-electron chi connectivity index (χ3n) is 4.74. The predicted octanol–water partition coefficient (Wildman–Crippen LogP) is 1.66. The molecule has 0 aliphatic carbocycles. The first-order chi connectivity index (χ1) is 13.0. The van der Waals surface area contributed by atoms with Crippen LogP contribution < -0.4 is 15.6 Å². The number of rotatable bonds is 2. The summed E-state index contributed by atoms with van der Waals surface area (Å²) in [6.45, 7) is 6.09. The van der Waals surface area contributed by atoms with E-state index in [1.54, 1.807) is 0 Å². The van der Waals surface area contributed by atoms with Crippen LogP contribution in [0.1, 0.15) is 34.8 Å². The zero-order valence-electron chi connectivity index (χ0n) is 15.6. The van der Waals surface area contributed by atoms with Gasteiger partial charge in [0.15, 0.2) is 0 Å². The molecule has 1 amide bonds. The van der Waals surface area contributed by atoms with Crippen molar-refractivity contribution < 1.29 is 9.79 Å². The molecule has 6 heteroatoms. The maximum absolute atomic E-state index is 12.2. The maximum atomic E-state index is 12.2. The highest BCUT2D eigenvalue weighted by atomic mass is 16.1. The number of guanidine groups is 1. The Bertz CT molecular complexity index is 1060. The molecule has 136 valence electrons. The summed E-state index contributed by atoms with van der Waals surface area (Å²) in [7, 11) is 0. The molecule has 0 saturated heterocycles. The van der Waals surface area contributed by atoms with Crippen LogP contribution >= 0.6 is 0 Å². The first kappa shape index (κ1) is 17.1. The largest absolute Gasteiger partial charge is 0.358 e. The van der Waals surface area contributed by atoms with Crippen LogP contribution in [0.3, 0.4) is 0 Å². The summed E-state index contributed by atoms with van der Waals surface area (Å²) < 4.78 is 0. The monoisotopic (exact) mass is 360 g/mol. The van der Waals surface area contributed by atoms with Gasteiger partial charge in [-0.2, -0.15) is 4.98 Å². The average molecular weight is 360 g/mol. The third kappa shape index (κ3) is 3.51. The Labute approximate surface area is 157 Å². The van der Waals surface area contributed by atoms with Crippen LogP contribution in [0.5, 0.6) is 0 Å². The van der Waals surface area contributed by atoms with E-state index >= 15 is 0 Å². The van der Waals surface area contributed by atoms with E-state index in [0.29, 0.717) is 18.3 Å². The molecule has 1 aliphatic rings. The van der Waals surface area contributed by atoms with E-state index in [1.807, 2.05) is 44.2 Å². The molecule has 27 heavy (non-hydrogen) atoms. The van der Waals surface area contributed by atoms with Crippen molar-refractivity contribution in [2.45, 2.75) is 33.2 Å². The van der Waals surface area contributed by atoms with Gasteiger partial charge in [-0.25, -0.2) is 15.6 Å². The molecule has 1 aromatic heterocycles. The van der Waals surface area contributed by atoms with Gasteiger partial charge >= 0.3 is 5.96 Å². The quantitative estimate of drug-likeness (QED) is 0.649. The van der Waals surface area contributed by atoms with Gasteiger partial charge in [0.05, 0.1) is 17.6 Å². The topological polar surface area (TPSA) is 80.9 Å². The summed E-state index contributed by atoms with van der Waals surface area (Å²) in [6.07, 6.45) is 0.380. The van der Waals surface area contributed by atoms with Gasteiger partial charge in [-0.3, -0.25) is 9.79 Å². The van der Waals surface area contributed by atoms with Crippen LogP contribution in [0, 0.1) is 20.8 Å². The lowest BCUT2D eigenvalue weighted by Crippen LogP contribution is -2.82. The normalized spacial score (nSPS) is 16.8. The molecule has 2 aromatic carbocycles. The van der Waals surface area contributed by atoms with Gasteiger partial charge < -0.3 is 0 Å². The summed E-state index contributed by atoms with van der Waals surface area (Å²) >= 11 is 0. The molecule has 0 unspecified atom stereocenters. The lowest BCUT2D eigenvalue weighted by atomic mass is 10.0. The van der Waals surface area contributed by atoms with Gasteiger partial charge in [0.25, 0.3) is 11.9 Å². The second-order valence-corrected chi connectivity index (χ2v) is 6.97. The molecule has 3 N–H and O–H groups in total. The smallest absolute Gasteiger partial charge is 0.270 e. The van der Waals surface area contributed by atoms with Gasteiger partial charge in [0.2, 0.25) is 0 Å². The standard InChI is InChI=1S/C21H21N5O/c1-12-9-13(2)19-16(10-12)14(3)22-20(25-19)26-21-23-17(11-18(27)24-21)15-7-5-4-6-8-15/h4-10,17H,11H2,1-3H3,(H2,22,23,24,25,26,27)/p+1/t17-/m0/s1. The number of carbonyl (C=O) groups excluding carboxylic acids is 1. The molecular formula is C21H22N5O+. The van der Waals surface area contributed by atoms with Crippen molar-refractivity contribution in [2.75, 3.05) is 5.32 Å². The van der Waals surface area contributed by atoms with E-state index in [2.05, 4.69) is 44.7 Å². The second kappa shape index (κ2) is 6.79. The number of hydrogen-bond acceptors (Lipinski definition) is 4. The highest BCUT2D eigenvalue weighted by molar-refractivity contribution is 6.02. The number of aromatic nitrogens is 2. The van der Waals surface area contributed by atoms with Crippen molar-refractivity contribution in [3.8, 4) is 0 Å². The summed E-state index contributed by atoms with van der Waals surface area (Å²) in [5.41, 5.74) is 5.17.